The van der Waals surface area contributed by atoms with Crippen LogP contribution < -0.4 is 0 Å². The topological polar surface area (TPSA) is 54.0 Å². The number of halogens is 1. The standard InChI is InChI=1S/C10H5ClN4/c11-9-4-6-15-10(14-9)8(7-13-15)3-1-2-5-12/h4,6-7H,2H2. The van der Waals surface area contributed by atoms with Gasteiger partial charge in [-0.1, -0.05) is 23.4 Å². The number of rotatable bonds is 0. The highest BCUT2D eigenvalue weighted by Gasteiger charge is 2.02. The van der Waals surface area contributed by atoms with E-state index in [2.05, 4.69) is 21.9 Å². The third-order valence-corrected chi connectivity index (χ3v) is 1.94. The first-order valence-electron chi connectivity index (χ1n) is 4.17. The van der Waals surface area contributed by atoms with Gasteiger partial charge in [0.25, 0.3) is 0 Å². The Morgan fingerprint density at radius 3 is 3.20 bits per heavy atom. The molecule has 0 bridgehead atoms. The summed E-state index contributed by atoms with van der Waals surface area (Å²) in [5, 5.41) is 12.8. The van der Waals surface area contributed by atoms with Gasteiger partial charge in [0.15, 0.2) is 5.65 Å². The van der Waals surface area contributed by atoms with Crippen molar-refractivity contribution >= 4 is 17.2 Å². The first-order chi connectivity index (χ1) is 7.31. The van der Waals surface area contributed by atoms with E-state index in [1.165, 1.54) is 0 Å². The van der Waals surface area contributed by atoms with Crippen molar-refractivity contribution in [2.24, 2.45) is 0 Å². The van der Waals surface area contributed by atoms with Crippen LogP contribution in [-0.4, -0.2) is 14.6 Å². The molecule has 0 N–H and O–H groups in total. The Bertz CT molecular complexity index is 597. The second kappa shape index (κ2) is 4.00. The molecule has 2 heterocycles. The molecule has 15 heavy (non-hydrogen) atoms. The van der Waals surface area contributed by atoms with Crippen molar-refractivity contribution in [1.82, 2.24) is 14.6 Å². The summed E-state index contributed by atoms with van der Waals surface area (Å²) < 4.78 is 1.59. The van der Waals surface area contributed by atoms with Crippen molar-refractivity contribution in [2.45, 2.75) is 6.42 Å². The highest BCUT2D eigenvalue weighted by atomic mass is 35.5. The third-order valence-electron chi connectivity index (χ3n) is 1.73. The van der Waals surface area contributed by atoms with Crippen LogP contribution in [0, 0.1) is 23.2 Å². The average Bonchev–Trinajstić information content (AvgIpc) is 2.62. The van der Waals surface area contributed by atoms with Crippen LogP contribution in [0.3, 0.4) is 0 Å². The van der Waals surface area contributed by atoms with E-state index in [1.807, 2.05) is 6.07 Å². The van der Waals surface area contributed by atoms with Gasteiger partial charge in [-0.05, 0) is 6.07 Å². The molecule has 72 valence electrons. The van der Waals surface area contributed by atoms with Crippen molar-refractivity contribution in [2.75, 3.05) is 0 Å². The maximum Gasteiger partial charge on any atom is 0.172 e. The van der Waals surface area contributed by atoms with Crippen molar-refractivity contribution in [3.8, 4) is 17.9 Å². The lowest BCUT2D eigenvalue weighted by molar-refractivity contribution is 0.939. The normalized spacial score (nSPS) is 9.33. The van der Waals surface area contributed by atoms with Crippen LogP contribution in [0.1, 0.15) is 12.0 Å². The monoisotopic (exact) mass is 216 g/mol. The summed E-state index contributed by atoms with van der Waals surface area (Å²) in [6.45, 7) is 0. The van der Waals surface area contributed by atoms with Gasteiger partial charge in [-0.2, -0.15) is 10.4 Å². The Kier molecular flexibility index (Phi) is 2.53. The molecule has 0 saturated carbocycles. The van der Waals surface area contributed by atoms with Gasteiger partial charge in [0.1, 0.15) is 5.15 Å². The van der Waals surface area contributed by atoms with Crippen LogP contribution in [0.5, 0.6) is 0 Å². The quantitative estimate of drug-likeness (QED) is 0.497. The lowest BCUT2D eigenvalue weighted by Crippen LogP contribution is -1.89. The minimum atomic E-state index is 0.192. The Labute approximate surface area is 91.1 Å². The molecule has 5 heteroatoms. The Hall–Kier alpha value is -2.04. The van der Waals surface area contributed by atoms with E-state index in [4.69, 9.17) is 16.9 Å². The van der Waals surface area contributed by atoms with E-state index in [0.717, 1.165) is 0 Å². The summed E-state index contributed by atoms with van der Waals surface area (Å²) >= 11 is 5.76. The van der Waals surface area contributed by atoms with Gasteiger partial charge in [-0.3, -0.25) is 0 Å². The summed E-state index contributed by atoms with van der Waals surface area (Å²) in [6, 6.07) is 3.59. The largest absolute Gasteiger partial charge is 0.221 e. The molecule has 0 atom stereocenters. The van der Waals surface area contributed by atoms with E-state index in [-0.39, 0.29) is 6.42 Å². The van der Waals surface area contributed by atoms with E-state index >= 15 is 0 Å². The highest BCUT2D eigenvalue weighted by molar-refractivity contribution is 6.29. The predicted molar refractivity (Wildman–Crippen MR) is 55.1 cm³/mol. The average molecular weight is 217 g/mol. The molecule has 2 aromatic heterocycles. The zero-order valence-electron chi connectivity index (χ0n) is 7.61. The molecule has 2 aromatic rings. The molecule has 0 amide bonds. The molecule has 0 radical (unpaired) electrons. The van der Waals surface area contributed by atoms with Gasteiger partial charge in [-0.25, -0.2) is 9.50 Å². The van der Waals surface area contributed by atoms with Crippen LogP contribution in [0.4, 0.5) is 0 Å². The Balaban J connectivity index is 2.50. The van der Waals surface area contributed by atoms with Crippen LogP contribution in [0.2, 0.25) is 5.15 Å². The van der Waals surface area contributed by atoms with Crippen LogP contribution in [0.15, 0.2) is 18.5 Å². The molecule has 0 saturated heterocycles. The van der Waals surface area contributed by atoms with Gasteiger partial charge < -0.3 is 0 Å². The Morgan fingerprint density at radius 2 is 2.40 bits per heavy atom. The van der Waals surface area contributed by atoms with Gasteiger partial charge >= 0.3 is 0 Å². The summed E-state index contributed by atoms with van der Waals surface area (Å²) in [5.41, 5.74) is 1.28. The highest BCUT2D eigenvalue weighted by Crippen LogP contribution is 2.10. The minimum Gasteiger partial charge on any atom is -0.221 e. The molecule has 2 rings (SSSR count). The molecule has 0 aliphatic heterocycles. The molecule has 0 aliphatic rings. The number of hydrogen-bond acceptors (Lipinski definition) is 3. The molecule has 0 aliphatic carbocycles. The van der Waals surface area contributed by atoms with E-state index in [1.54, 1.807) is 23.0 Å². The molecule has 0 fully saturated rings. The number of aromatic nitrogens is 3. The van der Waals surface area contributed by atoms with Crippen molar-refractivity contribution in [3.05, 3.63) is 29.2 Å². The lowest BCUT2D eigenvalue weighted by atomic mass is 10.3. The van der Waals surface area contributed by atoms with Crippen LogP contribution in [0.25, 0.3) is 5.65 Å². The van der Waals surface area contributed by atoms with Crippen molar-refractivity contribution < 1.29 is 0 Å². The van der Waals surface area contributed by atoms with Crippen molar-refractivity contribution in [1.29, 1.82) is 5.26 Å². The SMILES string of the molecule is N#CCC#Cc1cnn2ccc(Cl)nc12. The van der Waals surface area contributed by atoms with E-state index in [9.17, 15) is 0 Å². The summed E-state index contributed by atoms with van der Waals surface area (Å²) in [7, 11) is 0. The zero-order valence-corrected chi connectivity index (χ0v) is 8.36. The zero-order chi connectivity index (χ0) is 10.7. The molecule has 0 aromatic carbocycles. The molecule has 0 unspecified atom stereocenters. The van der Waals surface area contributed by atoms with E-state index in [0.29, 0.717) is 16.4 Å². The Morgan fingerprint density at radius 1 is 1.53 bits per heavy atom. The second-order valence-electron chi connectivity index (χ2n) is 2.71. The molecular formula is C10H5ClN4. The smallest absolute Gasteiger partial charge is 0.172 e. The van der Waals surface area contributed by atoms with Crippen LogP contribution >= 0.6 is 11.6 Å². The van der Waals surface area contributed by atoms with Gasteiger partial charge in [-0.15, -0.1) is 0 Å². The predicted octanol–water partition coefficient (Wildman–Crippen LogP) is 1.65. The van der Waals surface area contributed by atoms with Crippen molar-refractivity contribution in [3.63, 3.8) is 0 Å². The number of nitriles is 1. The van der Waals surface area contributed by atoms with E-state index < -0.39 is 0 Å². The fraction of sp³-hybridized carbons (Fsp3) is 0.100. The van der Waals surface area contributed by atoms with Crippen LogP contribution in [-0.2, 0) is 0 Å². The first-order valence-corrected chi connectivity index (χ1v) is 4.55. The van der Waals surface area contributed by atoms with Gasteiger partial charge in [0.05, 0.1) is 24.3 Å². The molecular weight excluding hydrogens is 212 g/mol. The van der Waals surface area contributed by atoms with Gasteiger partial charge in [0.2, 0.25) is 0 Å². The summed E-state index contributed by atoms with van der Waals surface area (Å²) in [6.07, 6.45) is 3.50. The maximum atomic E-state index is 8.34. The maximum absolute atomic E-state index is 8.34. The lowest BCUT2D eigenvalue weighted by Gasteiger charge is -1.92. The number of hydrogen-bond donors (Lipinski definition) is 0. The second-order valence-corrected chi connectivity index (χ2v) is 3.10. The summed E-state index contributed by atoms with van der Waals surface area (Å²) in [4.78, 5) is 4.09. The fourth-order valence-electron chi connectivity index (χ4n) is 1.11. The van der Waals surface area contributed by atoms with Gasteiger partial charge in [0, 0.05) is 6.20 Å². The molecule has 0 spiro atoms. The number of fused-ring (bicyclic) bond motifs is 1. The molecule has 4 nitrogen and oxygen atoms in total. The fourth-order valence-corrected chi connectivity index (χ4v) is 1.25. The summed E-state index contributed by atoms with van der Waals surface area (Å²) in [5.74, 6) is 5.52. The number of nitrogens with zero attached hydrogens (tertiary/aromatic N) is 4. The first kappa shape index (κ1) is 9.51. The third kappa shape index (κ3) is 1.90. The minimum absolute atomic E-state index is 0.192.